The SMILES string of the molecule is CC(C)(C)OC(=O)N1CCN(C2CCC(n3cc4cc(N)c(OCCO)cc4n3)CC2)CC1. The molecule has 9 nitrogen and oxygen atoms in total. The van der Waals surface area contributed by atoms with Crippen molar-refractivity contribution in [1.82, 2.24) is 19.6 Å². The van der Waals surface area contributed by atoms with E-state index in [0.29, 0.717) is 23.5 Å². The largest absolute Gasteiger partial charge is 0.489 e. The number of anilines is 1. The Morgan fingerprint density at radius 2 is 1.79 bits per heavy atom. The molecule has 0 bridgehead atoms. The van der Waals surface area contributed by atoms with E-state index in [1.807, 2.05) is 37.8 Å². The van der Waals surface area contributed by atoms with Crippen molar-refractivity contribution < 1.29 is 19.4 Å². The van der Waals surface area contributed by atoms with Crippen LogP contribution in [0.3, 0.4) is 0 Å². The van der Waals surface area contributed by atoms with Crippen molar-refractivity contribution in [2.24, 2.45) is 0 Å². The summed E-state index contributed by atoms with van der Waals surface area (Å²) in [6.45, 7) is 9.12. The zero-order valence-electron chi connectivity index (χ0n) is 20.0. The highest BCUT2D eigenvalue weighted by Crippen LogP contribution is 2.34. The third-order valence-electron chi connectivity index (χ3n) is 6.53. The molecular weight excluding hydrogens is 422 g/mol. The van der Waals surface area contributed by atoms with E-state index in [0.717, 1.165) is 62.8 Å². The van der Waals surface area contributed by atoms with E-state index in [2.05, 4.69) is 15.8 Å². The third kappa shape index (κ3) is 5.70. The lowest BCUT2D eigenvalue weighted by atomic mass is 9.90. The molecule has 1 saturated carbocycles. The quantitative estimate of drug-likeness (QED) is 0.662. The van der Waals surface area contributed by atoms with E-state index in [1.165, 1.54) is 0 Å². The number of fused-ring (bicyclic) bond motifs is 1. The summed E-state index contributed by atoms with van der Waals surface area (Å²) in [5, 5.41) is 14.8. The normalized spacial score (nSPS) is 22.5. The maximum Gasteiger partial charge on any atom is 0.410 e. The smallest absolute Gasteiger partial charge is 0.410 e. The molecule has 1 aromatic carbocycles. The van der Waals surface area contributed by atoms with E-state index in [9.17, 15) is 4.79 Å². The molecular formula is C24H37N5O4. The molecule has 2 aliphatic rings. The molecule has 3 N–H and O–H groups in total. The summed E-state index contributed by atoms with van der Waals surface area (Å²) in [4.78, 5) is 16.7. The summed E-state index contributed by atoms with van der Waals surface area (Å²) in [5.74, 6) is 0.566. The Bertz CT molecular complexity index is 954. The predicted molar refractivity (Wildman–Crippen MR) is 127 cm³/mol. The molecule has 0 radical (unpaired) electrons. The number of nitrogen functional groups attached to an aromatic ring is 1. The number of hydrogen-bond acceptors (Lipinski definition) is 7. The lowest BCUT2D eigenvalue weighted by molar-refractivity contribution is 0.00722. The van der Waals surface area contributed by atoms with Crippen LogP contribution in [0.15, 0.2) is 18.3 Å². The van der Waals surface area contributed by atoms with Gasteiger partial charge in [0.2, 0.25) is 0 Å². The molecule has 33 heavy (non-hydrogen) atoms. The first-order chi connectivity index (χ1) is 15.7. The highest BCUT2D eigenvalue weighted by Gasteiger charge is 2.31. The molecule has 1 aliphatic heterocycles. The number of benzene rings is 1. The Morgan fingerprint density at radius 1 is 1.12 bits per heavy atom. The van der Waals surface area contributed by atoms with Gasteiger partial charge in [0, 0.05) is 49.9 Å². The zero-order chi connectivity index (χ0) is 23.6. The highest BCUT2D eigenvalue weighted by atomic mass is 16.6. The average Bonchev–Trinajstić information content (AvgIpc) is 3.19. The third-order valence-corrected chi connectivity index (χ3v) is 6.53. The summed E-state index contributed by atoms with van der Waals surface area (Å²) in [5.41, 5.74) is 7.06. The van der Waals surface area contributed by atoms with Crippen LogP contribution in [0.4, 0.5) is 10.5 Å². The van der Waals surface area contributed by atoms with Crippen molar-refractivity contribution >= 4 is 22.7 Å². The van der Waals surface area contributed by atoms with Crippen LogP contribution in [0.5, 0.6) is 5.75 Å². The van der Waals surface area contributed by atoms with E-state index in [-0.39, 0.29) is 19.3 Å². The van der Waals surface area contributed by atoms with Gasteiger partial charge in [-0.3, -0.25) is 9.58 Å². The van der Waals surface area contributed by atoms with Gasteiger partial charge < -0.3 is 25.2 Å². The standard InChI is InChI=1S/C24H37N5O4/c1-24(2,3)33-23(31)28-10-8-27(9-11-28)18-4-6-19(7-5-18)29-16-17-14-20(25)22(32-13-12-30)15-21(17)26-29/h14-16,18-19,30H,4-13,25H2,1-3H3. The summed E-state index contributed by atoms with van der Waals surface area (Å²) in [6.07, 6.45) is 6.28. The maximum absolute atomic E-state index is 12.3. The first-order valence-corrected chi connectivity index (χ1v) is 12.0. The number of nitrogens with zero attached hydrogens (tertiary/aromatic N) is 4. The minimum atomic E-state index is -0.455. The van der Waals surface area contributed by atoms with Crippen LogP contribution in [0, 0.1) is 0 Å². The molecule has 1 saturated heterocycles. The van der Waals surface area contributed by atoms with Gasteiger partial charge in [0.15, 0.2) is 0 Å². The minimum Gasteiger partial charge on any atom is -0.489 e. The Morgan fingerprint density at radius 3 is 2.42 bits per heavy atom. The second-order valence-corrected chi connectivity index (χ2v) is 10.1. The van der Waals surface area contributed by atoms with Crippen molar-refractivity contribution in [3.05, 3.63) is 18.3 Å². The van der Waals surface area contributed by atoms with E-state index in [4.69, 9.17) is 25.4 Å². The van der Waals surface area contributed by atoms with Gasteiger partial charge in [0.1, 0.15) is 18.0 Å². The lowest BCUT2D eigenvalue weighted by Gasteiger charge is -2.42. The fourth-order valence-corrected chi connectivity index (χ4v) is 4.84. The summed E-state index contributed by atoms with van der Waals surface area (Å²) < 4.78 is 13.1. The Hall–Kier alpha value is -2.52. The van der Waals surface area contributed by atoms with Gasteiger partial charge in [0.05, 0.1) is 23.9 Å². The number of ether oxygens (including phenoxy) is 2. The number of carbonyl (C=O) groups is 1. The fraction of sp³-hybridized carbons (Fsp3) is 0.667. The molecule has 1 amide bonds. The molecule has 2 heterocycles. The number of amides is 1. The topological polar surface area (TPSA) is 106 Å². The maximum atomic E-state index is 12.3. The second kappa shape index (κ2) is 9.77. The lowest BCUT2D eigenvalue weighted by Crippen LogP contribution is -2.53. The van der Waals surface area contributed by atoms with Crippen LogP contribution in [0.1, 0.15) is 52.5 Å². The van der Waals surface area contributed by atoms with E-state index < -0.39 is 5.60 Å². The summed E-state index contributed by atoms with van der Waals surface area (Å²) in [6, 6.07) is 4.68. The van der Waals surface area contributed by atoms with Crippen LogP contribution >= 0.6 is 0 Å². The van der Waals surface area contributed by atoms with Gasteiger partial charge in [-0.15, -0.1) is 0 Å². The molecule has 2 fully saturated rings. The number of hydrogen-bond donors (Lipinski definition) is 2. The molecule has 182 valence electrons. The van der Waals surface area contributed by atoms with Crippen molar-refractivity contribution in [3.8, 4) is 5.75 Å². The molecule has 4 rings (SSSR count). The van der Waals surface area contributed by atoms with Gasteiger partial charge in [-0.05, 0) is 52.5 Å². The van der Waals surface area contributed by atoms with Crippen molar-refractivity contribution in [2.45, 2.75) is 64.1 Å². The number of carbonyl (C=O) groups excluding carboxylic acids is 1. The first-order valence-electron chi connectivity index (χ1n) is 12.0. The van der Waals surface area contributed by atoms with Crippen LogP contribution in [0.25, 0.3) is 10.9 Å². The fourth-order valence-electron chi connectivity index (χ4n) is 4.84. The molecule has 9 heteroatoms. The van der Waals surface area contributed by atoms with Gasteiger partial charge in [-0.25, -0.2) is 4.79 Å². The molecule has 0 atom stereocenters. The number of rotatable bonds is 5. The Balaban J connectivity index is 1.30. The second-order valence-electron chi connectivity index (χ2n) is 10.1. The summed E-state index contributed by atoms with van der Waals surface area (Å²) in [7, 11) is 0. The Kier molecular flexibility index (Phi) is 6.99. The van der Waals surface area contributed by atoms with E-state index in [1.54, 1.807) is 0 Å². The number of aliphatic hydroxyl groups is 1. The van der Waals surface area contributed by atoms with Crippen molar-refractivity contribution in [1.29, 1.82) is 0 Å². The zero-order valence-corrected chi connectivity index (χ0v) is 20.0. The number of aliphatic hydroxyl groups excluding tert-OH is 1. The van der Waals surface area contributed by atoms with Crippen LogP contribution in [-0.2, 0) is 4.74 Å². The highest BCUT2D eigenvalue weighted by molar-refractivity contribution is 5.84. The van der Waals surface area contributed by atoms with Gasteiger partial charge in [0.25, 0.3) is 0 Å². The van der Waals surface area contributed by atoms with Crippen LogP contribution in [0.2, 0.25) is 0 Å². The molecule has 1 aromatic heterocycles. The molecule has 0 spiro atoms. The number of piperazine rings is 1. The number of aromatic nitrogens is 2. The predicted octanol–water partition coefficient (Wildman–Crippen LogP) is 3.03. The van der Waals surface area contributed by atoms with Gasteiger partial charge >= 0.3 is 6.09 Å². The molecule has 1 aliphatic carbocycles. The monoisotopic (exact) mass is 459 g/mol. The average molecular weight is 460 g/mol. The van der Waals surface area contributed by atoms with Gasteiger partial charge in [-0.2, -0.15) is 5.10 Å². The van der Waals surface area contributed by atoms with E-state index >= 15 is 0 Å². The minimum absolute atomic E-state index is 0.0504. The summed E-state index contributed by atoms with van der Waals surface area (Å²) >= 11 is 0. The van der Waals surface area contributed by atoms with Crippen LogP contribution < -0.4 is 10.5 Å². The Labute approximate surface area is 195 Å². The van der Waals surface area contributed by atoms with Crippen LogP contribution in [-0.4, -0.2) is 81.8 Å². The number of nitrogens with two attached hydrogens (primary N) is 1. The first kappa shape index (κ1) is 23.6. The molecule has 2 aromatic rings. The van der Waals surface area contributed by atoms with Crippen molar-refractivity contribution in [2.75, 3.05) is 45.1 Å². The molecule has 0 unspecified atom stereocenters. The van der Waals surface area contributed by atoms with Crippen molar-refractivity contribution in [3.63, 3.8) is 0 Å². The van der Waals surface area contributed by atoms with Gasteiger partial charge in [-0.1, -0.05) is 0 Å².